The van der Waals surface area contributed by atoms with Gasteiger partial charge in [-0.15, -0.1) is 0 Å². The zero-order chi connectivity index (χ0) is 18.1. The fraction of sp³-hybridized carbons (Fsp3) is 0.350. The van der Waals surface area contributed by atoms with Crippen molar-refractivity contribution in [3.63, 3.8) is 0 Å². The van der Waals surface area contributed by atoms with E-state index in [-0.39, 0.29) is 5.91 Å². The SMILES string of the molecule is CCNCc1ccccc1NC(=O)c1cc(C2CC2)nc2onc(C)c12. The number of aryl methyl sites for hydroxylation is 1. The van der Waals surface area contributed by atoms with Gasteiger partial charge in [0.2, 0.25) is 0 Å². The van der Waals surface area contributed by atoms with Crippen LogP contribution in [-0.2, 0) is 6.54 Å². The van der Waals surface area contributed by atoms with E-state index in [1.807, 2.05) is 37.3 Å². The number of para-hydroxylation sites is 1. The van der Waals surface area contributed by atoms with Crippen LogP contribution in [-0.4, -0.2) is 22.6 Å². The van der Waals surface area contributed by atoms with Crippen LogP contribution in [0.3, 0.4) is 0 Å². The number of aromatic nitrogens is 2. The Kier molecular flexibility index (Phi) is 4.42. The lowest BCUT2D eigenvalue weighted by Gasteiger charge is -2.12. The van der Waals surface area contributed by atoms with Gasteiger partial charge in [0.25, 0.3) is 11.6 Å². The van der Waals surface area contributed by atoms with Gasteiger partial charge in [0, 0.05) is 23.8 Å². The lowest BCUT2D eigenvalue weighted by Crippen LogP contribution is -2.17. The lowest BCUT2D eigenvalue weighted by atomic mass is 10.1. The van der Waals surface area contributed by atoms with Crippen molar-refractivity contribution < 1.29 is 9.32 Å². The summed E-state index contributed by atoms with van der Waals surface area (Å²) in [6, 6.07) is 9.73. The summed E-state index contributed by atoms with van der Waals surface area (Å²) in [5.41, 5.74) is 4.48. The van der Waals surface area contributed by atoms with Crippen LogP contribution in [0.4, 0.5) is 5.69 Å². The molecule has 4 rings (SSSR count). The number of carbonyl (C=O) groups excluding carboxylic acids is 1. The summed E-state index contributed by atoms with van der Waals surface area (Å²) in [5, 5.41) is 11.0. The minimum absolute atomic E-state index is 0.158. The first kappa shape index (κ1) is 16.7. The van der Waals surface area contributed by atoms with Crippen LogP contribution in [0.1, 0.15) is 53.0 Å². The molecule has 1 saturated carbocycles. The molecule has 26 heavy (non-hydrogen) atoms. The summed E-state index contributed by atoms with van der Waals surface area (Å²) in [6.07, 6.45) is 2.22. The number of nitrogens with zero attached hydrogens (tertiary/aromatic N) is 2. The van der Waals surface area contributed by atoms with E-state index in [0.29, 0.717) is 34.8 Å². The molecule has 0 radical (unpaired) electrons. The second-order valence-corrected chi connectivity index (χ2v) is 6.71. The third-order valence-electron chi connectivity index (χ3n) is 4.71. The molecule has 1 aliphatic rings. The van der Waals surface area contributed by atoms with Gasteiger partial charge in [0.1, 0.15) is 0 Å². The molecule has 1 aliphatic carbocycles. The largest absolute Gasteiger partial charge is 0.336 e. The van der Waals surface area contributed by atoms with Gasteiger partial charge in [-0.1, -0.05) is 30.3 Å². The molecule has 2 N–H and O–H groups in total. The second-order valence-electron chi connectivity index (χ2n) is 6.71. The molecule has 134 valence electrons. The number of nitrogens with one attached hydrogen (secondary N) is 2. The summed E-state index contributed by atoms with van der Waals surface area (Å²) in [5.74, 6) is 0.270. The van der Waals surface area contributed by atoms with Gasteiger partial charge in [0.05, 0.1) is 16.6 Å². The Hall–Kier alpha value is -2.73. The Labute approximate surface area is 152 Å². The van der Waals surface area contributed by atoms with Crippen LogP contribution in [0.25, 0.3) is 11.1 Å². The molecular weight excluding hydrogens is 328 g/mol. The van der Waals surface area contributed by atoms with Crippen LogP contribution < -0.4 is 10.6 Å². The first-order chi connectivity index (χ1) is 12.7. The van der Waals surface area contributed by atoms with Crippen molar-refractivity contribution in [2.75, 3.05) is 11.9 Å². The van der Waals surface area contributed by atoms with Gasteiger partial charge >= 0.3 is 0 Å². The van der Waals surface area contributed by atoms with Crippen LogP contribution in [0.2, 0.25) is 0 Å². The Morgan fingerprint density at radius 3 is 2.88 bits per heavy atom. The molecular formula is C20H22N4O2. The van der Waals surface area contributed by atoms with Crippen molar-refractivity contribution in [3.8, 4) is 0 Å². The third kappa shape index (κ3) is 3.20. The highest BCUT2D eigenvalue weighted by Gasteiger charge is 2.28. The number of hydrogen-bond acceptors (Lipinski definition) is 5. The fourth-order valence-corrected chi connectivity index (χ4v) is 3.13. The fourth-order valence-electron chi connectivity index (χ4n) is 3.13. The van der Waals surface area contributed by atoms with E-state index in [4.69, 9.17) is 4.52 Å². The number of carbonyl (C=O) groups is 1. The quantitative estimate of drug-likeness (QED) is 0.707. The standard InChI is InChI=1S/C20H22N4O2/c1-3-21-11-14-6-4-5-7-16(14)22-19(25)15-10-17(13-8-9-13)23-20-18(15)12(2)24-26-20/h4-7,10,13,21H,3,8-9,11H2,1-2H3,(H,22,25). The van der Waals surface area contributed by atoms with E-state index in [2.05, 4.69) is 27.7 Å². The monoisotopic (exact) mass is 350 g/mol. The Bertz CT molecular complexity index is 960. The predicted molar refractivity (Wildman–Crippen MR) is 100 cm³/mol. The second kappa shape index (κ2) is 6.88. The normalized spacial score (nSPS) is 13.9. The Morgan fingerprint density at radius 1 is 1.31 bits per heavy atom. The molecule has 0 spiro atoms. The van der Waals surface area contributed by atoms with E-state index < -0.39 is 0 Å². The average Bonchev–Trinajstić information content (AvgIpc) is 3.44. The first-order valence-electron chi connectivity index (χ1n) is 9.04. The number of benzene rings is 1. The van der Waals surface area contributed by atoms with Crippen LogP contribution in [0.5, 0.6) is 0 Å². The van der Waals surface area contributed by atoms with E-state index in [1.165, 1.54) is 0 Å². The number of pyridine rings is 1. The number of fused-ring (bicyclic) bond motifs is 1. The molecule has 0 saturated heterocycles. The molecule has 0 atom stereocenters. The van der Waals surface area contributed by atoms with Crippen molar-refractivity contribution in [1.29, 1.82) is 0 Å². The van der Waals surface area contributed by atoms with Crippen LogP contribution >= 0.6 is 0 Å². The van der Waals surface area contributed by atoms with E-state index in [1.54, 1.807) is 0 Å². The molecule has 6 nitrogen and oxygen atoms in total. The summed E-state index contributed by atoms with van der Waals surface area (Å²) in [4.78, 5) is 17.6. The molecule has 0 aliphatic heterocycles. The van der Waals surface area contributed by atoms with Gasteiger partial charge in [-0.2, -0.15) is 0 Å². The first-order valence-corrected chi connectivity index (χ1v) is 9.04. The average molecular weight is 350 g/mol. The van der Waals surface area contributed by atoms with E-state index in [0.717, 1.165) is 36.3 Å². The molecule has 1 aromatic carbocycles. The van der Waals surface area contributed by atoms with E-state index >= 15 is 0 Å². The molecule has 6 heteroatoms. The predicted octanol–water partition coefficient (Wildman–Crippen LogP) is 3.77. The maximum absolute atomic E-state index is 13.1. The van der Waals surface area contributed by atoms with E-state index in [9.17, 15) is 4.79 Å². The third-order valence-corrected chi connectivity index (χ3v) is 4.71. The van der Waals surface area contributed by atoms with Crippen molar-refractivity contribution in [2.45, 2.75) is 39.2 Å². The molecule has 1 fully saturated rings. The van der Waals surface area contributed by atoms with Gasteiger partial charge < -0.3 is 15.2 Å². The summed E-state index contributed by atoms with van der Waals surface area (Å²) >= 11 is 0. The van der Waals surface area contributed by atoms with Crippen molar-refractivity contribution >= 4 is 22.7 Å². The number of anilines is 1. The Morgan fingerprint density at radius 2 is 2.12 bits per heavy atom. The minimum atomic E-state index is -0.158. The van der Waals surface area contributed by atoms with Gasteiger partial charge in [-0.25, -0.2) is 4.98 Å². The highest BCUT2D eigenvalue weighted by atomic mass is 16.5. The summed E-state index contributed by atoms with van der Waals surface area (Å²) in [7, 11) is 0. The smallest absolute Gasteiger partial charge is 0.259 e. The van der Waals surface area contributed by atoms with Gasteiger partial charge in [-0.3, -0.25) is 4.79 Å². The maximum atomic E-state index is 13.1. The zero-order valence-corrected chi connectivity index (χ0v) is 15.0. The number of hydrogen-bond donors (Lipinski definition) is 2. The van der Waals surface area contributed by atoms with Gasteiger partial charge in [-0.05, 0) is 44.0 Å². The van der Waals surface area contributed by atoms with Crippen molar-refractivity contribution in [2.24, 2.45) is 0 Å². The van der Waals surface area contributed by atoms with Crippen molar-refractivity contribution in [1.82, 2.24) is 15.5 Å². The Balaban J connectivity index is 1.69. The molecule has 3 aromatic rings. The van der Waals surface area contributed by atoms with Crippen LogP contribution in [0, 0.1) is 6.92 Å². The molecule has 2 aromatic heterocycles. The molecule has 0 unspecified atom stereocenters. The highest BCUT2D eigenvalue weighted by molar-refractivity contribution is 6.12. The zero-order valence-electron chi connectivity index (χ0n) is 15.0. The summed E-state index contributed by atoms with van der Waals surface area (Å²) in [6.45, 7) is 5.47. The molecule has 2 heterocycles. The minimum Gasteiger partial charge on any atom is -0.336 e. The topological polar surface area (TPSA) is 80.0 Å². The number of rotatable bonds is 6. The summed E-state index contributed by atoms with van der Waals surface area (Å²) < 4.78 is 5.33. The number of amides is 1. The van der Waals surface area contributed by atoms with Gasteiger partial charge in [0.15, 0.2) is 0 Å². The maximum Gasteiger partial charge on any atom is 0.259 e. The lowest BCUT2D eigenvalue weighted by molar-refractivity contribution is 0.102. The van der Waals surface area contributed by atoms with Crippen molar-refractivity contribution in [3.05, 3.63) is 52.8 Å². The van der Waals surface area contributed by atoms with Crippen LogP contribution in [0.15, 0.2) is 34.9 Å². The molecule has 1 amide bonds. The molecule has 0 bridgehead atoms. The highest BCUT2D eigenvalue weighted by Crippen LogP contribution is 2.40.